The fourth-order valence-corrected chi connectivity index (χ4v) is 2.43. The third kappa shape index (κ3) is 5.41. The molecular formula is C19H21N3O2. The Labute approximate surface area is 141 Å². The first-order valence-corrected chi connectivity index (χ1v) is 7.92. The summed E-state index contributed by atoms with van der Waals surface area (Å²) in [6.45, 7) is 0.0903. The zero-order valence-electron chi connectivity index (χ0n) is 13.4. The molecule has 0 fully saturated rings. The molecule has 2 aromatic rings. The van der Waals surface area contributed by atoms with E-state index in [0.717, 1.165) is 11.1 Å². The lowest BCUT2D eigenvalue weighted by Gasteiger charge is -2.19. The van der Waals surface area contributed by atoms with Crippen LogP contribution in [-0.4, -0.2) is 17.7 Å². The number of hydrogen-bond donors (Lipinski definition) is 3. The number of amides is 2. The van der Waals surface area contributed by atoms with E-state index in [2.05, 4.69) is 16.7 Å². The quantitative estimate of drug-likeness (QED) is 0.730. The zero-order valence-corrected chi connectivity index (χ0v) is 13.4. The highest BCUT2D eigenvalue weighted by Crippen LogP contribution is 2.18. The molecule has 0 bridgehead atoms. The molecular weight excluding hydrogens is 302 g/mol. The maximum Gasteiger partial charge on any atom is 0.319 e. The molecule has 124 valence electrons. The molecule has 5 heteroatoms. The smallest absolute Gasteiger partial charge is 0.319 e. The average Bonchev–Trinajstić information content (AvgIpc) is 2.61. The van der Waals surface area contributed by atoms with E-state index < -0.39 is 0 Å². The second kappa shape index (κ2) is 9.33. The van der Waals surface area contributed by atoms with Gasteiger partial charge in [0.1, 0.15) is 0 Å². The highest BCUT2D eigenvalue weighted by Gasteiger charge is 2.14. The molecule has 5 nitrogen and oxygen atoms in total. The summed E-state index contributed by atoms with van der Waals surface area (Å²) in [5.41, 5.74) is 2.59. The number of urea groups is 1. The Balaban J connectivity index is 1.98. The van der Waals surface area contributed by atoms with Crippen molar-refractivity contribution in [3.05, 3.63) is 65.7 Å². The number of nitriles is 1. The predicted octanol–water partition coefficient (Wildman–Crippen LogP) is 3.39. The average molecular weight is 323 g/mol. The van der Waals surface area contributed by atoms with Crippen molar-refractivity contribution in [1.29, 1.82) is 5.26 Å². The Hall–Kier alpha value is -2.84. The summed E-state index contributed by atoms with van der Waals surface area (Å²) in [7, 11) is 0. The predicted molar refractivity (Wildman–Crippen MR) is 93.4 cm³/mol. The molecule has 0 saturated carbocycles. The van der Waals surface area contributed by atoms with Gasteiger partial charge in [0.25, 0.3) is 0 Å². The van der Waals surface area contributed by atoms with Crippen molar-refractivity contribution in [1.82, 2.24) is 5.32 Å². The van der Waals surface area contributed by atoms with Gasteiger partial charge in [-0.1, -0.05) is 42.5 Å². The molecule has 0 aliphatic heterocycles. The summed E-state index contributed by atoms with van der Waals surface area (Å²) in [4.78, 5) is 12.2. The molecule has 1 atom stereocenters. The third-order valence-corrected chi connectivity index (χ3v) is 3.65. The second-order valence-corrected chi connectivity index (χ2v) is 5.46. The fourth-order valence-electron chi connectivity index (χ4n) is 2.43. The Morgan fingerprint density at radius 1 is 1.12 bits per heavy atom. The topological polar surface area (TPSA) is 85.2 Å². The minimum atomic E-state index is -0.296. The van der Waals surface area contributed by atoms with Crippen LogP contribution >= 0.6 is 0 Å². The van der Waals surface area contributed by atoms with E-state index in [9.17, 15) is 4.79 Å². The number of nitrogens with zero attached hydrogens (tertiary/aromatic N) is 1. The minimum Gasteiger partial charge on any atom is -0.396 e. The number of benzene rings is 2. The van der Waals surface area contributed by atoms with Crippen LogP contribution in [0.2, 0.25) is 0 Å². The summed E-state index contributed by atoms with van der Waals surface area (Å²) >= 11 is 0. The summed E-state index contributed by atoms with van der Waals surface area (Å²) in [6, 6.07) is 18.5. The van der Waals surface area contributed by atoms with Crippen molar-refractivity contribution in [2.75, 3.05) is 11.9 Å². The van der Waals surface area contributed by atoms with Gasteiger partial charge in [-0.05, 0) is 36.1 Å². The van der Waals surface area contributed by atoms with E-state index in [1.165, 1.54) is 0 Å². The van der Waals surface area contributed by atoms with Crippen molar-refractivity contribution in [2.45, 2.75) is 25.3 Å². The molecule has 0 heterocycles. The van der Waals surface area contributed by atoms with E-state index in [0.29, 0.717) is 24.9 Å². The van der Waals surface area contributed by atoms with Crippen LogP contribution in [0, 0.1) is 11.3 Å². The van der Waals surface area contributed by atoms with Gasteiger partial charge in [-0.25, -0.2) is 4.79 Å². The number of hydrogen-bond acceptors (Lipinski definition) is 3. The van der Waals surface area contributed by atoms with Crippen LogP contribution in [-0.2, 0) is 6.42 Å². The van der Waals surface area contributed by atoms with Gasteiger partial charge < -0.3 is 15.7 Å². The van der Waals surface area contributed by atoms with Crippen LogP contribution < -0.4 is 10.6 Å². The first-order chi connectivity index (χ1) is 11.7. The molecule has 0 radical (unpaired) electrons. The van der Waals surface area contributed by atoms with Crippen LogP contribution in [0.15, 0.2) is 54.6 Å². The van der Waals surface area contributed by atoms with Crippen molar-refractivity contribution >= 4 is 11.7 Å². The Morgan fingerprint density at radius 2 is 1.83 bits per heavy atom. The standard InChI is InChI=1S/C19H21N3O2/c20-13-12-15-8-10-17(11-9-15)21-19(24)22-18(7-4-14-23)16-5-2-1-3-6-16/h1-3,5-6,8-11,18,23H,4,7,12,14H2,(H2,21,22,24)/t18-/m0/s1. The van der Waals surface area contributed by atoms with Gasteiger partial charge in [0, 0.05) is 12.3 Å². The van der Waals surface area contributed by atoms with E-state index in [1.807, 2.05) is 42.5 Å². The summed E-state index contributed by atoms with van der Waals surface area (Å²) < 4.78 is 0. The summed E-state index contributed by atoms with van der Waals surface area (Å²) in [6.07, 6.45) is 1.63. The van der Waals surface area contributed by atoms with Crippen molar-refractivity contribution in [3.63, 3.8) is 0 Å². The normalized spacial score (nSPS) is 11.3. The maximum absolute atomic E-state index is 12.2. The Morgan fingerprint density at radius 3 is 2.46 bits per heavy atom. The maximum atomic E-state index is 12.2. The first-order valence-electron chi connectivity index (χ1n) is 7.92. The lowest BCUT2D eigenvalue weighted by atomic mass is 10.0. The zero-order chi connectivity index (χ0) is 17.2. The van der Waals surface area contributed by atoms with Gasteiger partial charge >= 0.3 is 6.03 Å². The van der Waals surface area contributed by atoms with Crippen molar-refractivity contribution in [2.24, 2.45) is 0 Å². The number of rotatable bonds is 7. The van der Waals surface area contributed by atoms with Gasteiger partial charge in [-0.2, -0.15) is 5.26 Å². The number of carbonyl (C=O) groups excluding carboxylic acids is 1. The van der Waals surface area contributed by atoms with Gasteiger partial charge in [-0.15, -0.1) is 0 Å². The highest BCUT2D eigenvalue weighted by atomic mass is 16.3. The van der Waals surface area contributed by atoms with E-state index in [-0.39, 0.29) is 18.7 Å². The lowest BCUT2D eigenvalue weighted by Crippen LogP contribution is -2.32. The van der Waals surface area contributed by atoms with Crippen LogP contribution in [0.4, 0.5) is 10.5 Å². The van der Waals surface area contributed by atoms with E-state index in [4.69, 9.17) is 10.4 Å². The Bertz CT molecular complexity index is 678. The fraction of sp³-hybridized carbons (Fsp3) is 0.263. The highest BCUT2D eigenvalue weighted by molar-refractivity contribution is 5.89. The van der Waals surface area contributed by atoms with E-state index >= 15 is 0 Å². The molecule has 0 aliphatic carbocycles. The van der Waals surface area contributed by atoms with Gasteiger partial charge in [0.05, 0.1) is 18.5 Å². The molecule has 2 rings (SSSR count). The molecule has 2 aromatic carbocycles. The van der Waals surface area contributed by atoms with Crippen LogP contribution in [0.5, 0.6) is 0 Å². The molecule has 0 spiro atoms. The molecule has 24 heavy (non-hydrogen) atoms. The van der Waals surface area contributed by atoms with Crippen LogP contribution in [0.25, 0.3) is 0 Å². The van der Waals surface area contributed by atoms with Gasteiger partial charge in [0.15, 0.2) is 0 Å². The molecule has 3 N–H and O–H groups in total. The van der Waals surface area contributed by atoms with Crippen molar-refractivity contribution < 1.29 is 9.90 Å². The summed E-state index contributed by atoms with van der Waals surface area (Å²) in [5.74, 6) is 0. The van der Waals surface area contributed by atoms with Gasteiger partial charge in [0.2, 0.25) is 0 Å². The van der Waals surface area contributed by atoms with Crippen LogP contribution in [0.3, 0.4) is 0 Å². The minimum absolute atomic E-state index is 0.0903. The third-order valence-electron chi connectivity index (χ3n) is 3.65. The SMILES string of the molecule is N#CCc1ccc(NC(=O)N[C@@H](CCCO)c2ccccc2)cc1. The molecule has 0 aliphatic rings. The largest absolute Gasteiger partial charge is 0.396 e. The monoisotopic (exact) mass is 323 g/mol. The van der Waals surface area contributed by atoms with Crippen molar-refractivity contribution in [3.8, 4) is 6.07 Å². The molecule has 0 aromatic heterocycles. The molecule has 2 amide bonds. The Kier molecular flexibility index (Phi) is 6.81. The van der Waals surface area contributed by atoms with Gasteiger partial charge in [-0.3, -0.25) is 0 Å². The number of carbonyl (C=O) groups is 1. The van der Waals surface area contributed by atoms with Crippen LogP contribution in [0.1, 0.15) is 30.0 Å². The number of aliphatic hydroxyl groups excluding tert-OH is 1. The van der Waals surface area contributed by atoms with E-state index in [1.54, 1.807) is 12.1 Å². The number of aliphatic hydroxyl groups is 1. The molecule has 0 unspecified atom stereocenters. The second-order valence-electron chi connectivity index (χ2n) is 5.46. The lowest BCUT2D eigenvalue weighted by molar-refractivity contribution is 0.244. The summed E-state index contributed by atoms with van der Waals surface area (Å²) in [5, 5.41) is 23.5. The number of anilines is 1. The molecule has 0 saturated heterocycles. The first kappa shape index (κ1) is 17.5. The number of nitrogens with one attached hydrogen (secondary N) is 2.